The summed E-state index contributed by atoms with van der Waals surface area (Å²) in [5.41, 5.74) is -3.02. The number of carbonyl (C=O) groups is 2. The fourth-order valence-electron chi connectivity index (χ4n) is 2.88. The van der Waals surface area contributed by atoms with Gasteiger partial charge in [0.2, 0.25) is 0 Å². The summed E-state index contributed by atoms with van der Waals surface area (Å²) in [5.74, 6) is -1.88. The first-order valence-corrected chi connectivity index (χ1v) is 7.69. The maximum atomic E-state index is 12.8. The summed E-state index contributed by atoms with van der Waals surface area (Å²) in [7, 11) is 1.20. The van der Waals surface area contributed by atoms with Crippen LogP contribution in [0.1, 0.15) is 30.5 Å². The number of aliphatic hydroxyl groups excluding tert-OH is 1. The van der Waals surface area contributed by atoms with Crippen molar-refractivity contribution < 1.29 is 27.9 Å². The molecule has 1 saturated carbocycles. The molecule has 9 heteroatoms. The van der Waals surface area contributed by atoms with Gasteiger partial charge in [-0.25, -0.2) is 4.98 Å². The number of fused-ring (bicyclic) bond motifs is 1. The first-order valence-electron chi connectivity index (χ1n) is 7.69. The molecule has 1 fully saturated rings. The van der Waals surface area contributed by atoms with Crippen molar-refractivity contribution in [3.63, 3.8) is 0 Å². The second-order valence-electron chi connectivity index (χ2n) is 5.95. The molecule has 0 spiro atoms. The smallest absolute Gasteiger partial charge is 0.433 e. The fraction of sp³-hybridized carbons (Fsp3) is 0.294. The summed E-state index contributed by atoms with van der Waals surface area (Å²) in [6.45, 7) is 0. The maximum absolute atomic E-state index is 12.8. The SMILES string of the molecule is Cn1c(=O)c(C(O)=C2C(=O)CCCC2=O)cc2ccc(C(F)(F)F)nc21. The van der Waals surface area contributed by atoms with Gasteiger partial charge < -0.3 is 5.11 Å². The van der Waals surface area contributed by atoms with E-state index in [1.165, 1.54) is 7.05 Å². The lowest BCUT2D eigenvalue weighted by atomic mass is 9.90. The Hall–Kier alpha value is -2.97. The van der Waals surface area contributed by atoms with Crippen LogP contribution in [0.25, 0.3) is 16.8 Å². The minimum atomic E-state index is -4.67. The zero-order valence-corrected chi connectivity index (χ0v) is 13.6. The van der Waals surface area contributed by atoms with Crippen molar-refractivity contribution in [2.75, 3.05) is 0 Å². The molecule has 1 aliphatic carbocycles. The van der Waals surface area contributed by atoms with E-state index in [0.29, 0.717) is 6.42 Å². The highest BCUT2D eigenvalue weighted by Gasteiger charge is 2.33. The number of aryl methyl sites for hydroxylation is 1. The Labute approximate surface area is 144 Å². The normalized spacial score (nSPS) is 15.6. The van der Waals surface area contributed by atoms with E-state index in [0.717, 1.165) is 22.8 Å². The number of hydrogen-bond donors (Lipinski definition) is 1. The average molecular weight is 366 g/mol. The molecular formula is C17H13F3N2O4. The predicted octanol–water partition coefficient (Wildman–Crippen LogP) is 2.54. The Morgan fingerprint density at radius 2 is 1.77 bits per heavy atom. The Kier molecular flexibility index (Phi) is 4.17. The van der Waals surface area contributed by atoms with Crippen molar-refractivity contribution in [2.45, 2.75) is 25.4 Å². The Morgan fingerprint density at radius 3 is 2.35 bits per heavy atom. The highest BCUT2D eigenvalue weighted by atomic mass is 19.4. The molecule has 0 radical (unpaired) electrons. The Bertz CT molecular complexity index is 1020. The molecule has 1 aliphatic rings. The van der Waals surface area contributed by atoms with Crippen LogP contribution in [0.2, 0.25) is 0 Å². The molecule has 0 atom stereocenters. The highest BCUT2D eigenvalue weighted by molar-refractivity contribution is 6.25. The molecule has 0 amide bonds. The summed E-state index contributed by atoms with van der Waals surface area (Å²) >= 11 is 0. The summed E-state index contributed by atoms with van der Waals surface area (Å²) in [4.78, 5) is 39.8. The summed E-state index contributed by atoms with van der Waals surface area (Å²) in [5, 5.41) is 10.5. The van der Waals surface area contributed by atoms with Crippen LogP contribution >= 0.6 is 0 Å². The van der Waals surface area contributed by atoms with Gasteiger partial charge in [0.1, 0.15) is 22.7 Å². The third-order valence-corrected chi connectivity index (χ3v) is 4.21. The van der Waals surface area contributed by atoms with Crippen LogP contribution in [0, 0.1) is 0 Å². The van der Waals surface area contributed by atoms with Gasteiger partial charge in [-0.15, -0.1) is 0 Å². The van der Waals surface area contributed by atoms with Crippen LogP contribution in [-0.4, -0.2) is 26.2 Å². The molecule has 2 aromatic heterocycles. The van der Waals surface area contributed by atoms with E-state index in [1.54, 1.807) is 0 Å². The molecule has 2 heterocycles. The molecule has 1 N–H and O–H groups in total. The van der Waals surface area contributed by atoms with Crippen molar-refractivity contribution in [1.82, 2.24) is 9.55 Å². The molecule has 3 rings (SSSR count). The van der Waals surface area contributed by atoms with Gasteiger partial charge in [-0.05, 0) is 24.6 Å². The molecule has 136 valence electrons. The van der Waals surface area contributed by atoms with E-state index in [1.807, 2.05) is 0 Å². The third kappa shape index (κ3) is 2.89. The lowest BCUT2D eigenvalue weighted by Gasteiger charge is -2.15. The number of hydrogen-bond acceptors (Lipinski definition) is 5. The van der Waals surface area contributed by atoms with E-state index in [4.69, 9.17) is 0 Å². The van der Waals surface area contributed by atoms with Gasteiger partial charge >= 0.3 is 6.18 Å². The summed E-state index contributed by atoms with van der Waals surface area (Å²) < 4.78 is 39.3. The number of carbonyl (C=O) groups excluding carboxylic acids is 2. The quantitative estimate of drug-likeness (QED) is 0.476. The highest BCUT2D eigenvalue weighted by Crippen LogP contribution is 2.29. The Morgan fingerprint density at radius 1 is 1.15 bits per heavy atom. The summed E-state index contributed by atoms with van der Waals surface area (Å²) in [6.07, 6.45) is -4.15. The van der Waals surface area contributed by atoms with Crippen LogP contribution in [0.4, 0.5) is 13.2 Å². The van der Waals surface area contributed by atoms with E-state index in [2.05, 4.69) is 4.98 Å². The second kappa shape index (κ2) is 6.08. The van der Waals surface area contributed by atoms with Crippen molar-refractivity contribution in [3.05, 3.63) is 45.4 Å². The van der Waals surface area contributed by atoms with Gasteiger partial charge in [0.25, 0.3) is 5.56 Å². The van der Waals surface area contributed by atoms with Gasteiger partial charge in [-0.1, -0.05) is 0 Å². The number of ketones is 2. The van der Waals surface area contributed by atoms with E-state index < -0.39 is 40.3 Å². The number of aromatic nitrogens is 2. The molecule has 6 nitrogen and oxygen atoms in total. The molecule has 0 bridgehead atoms. The first-order chi connectivity index (χ1) is 12.1. The second-order valence-corrected chi connectivity index (χ2v) is 5.95. The van der Waals surface area contributed by atoms with Crippen molar-refractivity contribution >= 4 is 28.4 Å². The number of allylic oxidation sites excluding steroid dienone is 1. The van der Waals surface area contributed by atoms with Crippen LogP contribution in [0.15, 0.2) is 28.6 Å². The van der Waals surface area contributed by atoms with E-state index in [9.17, 15) is 32.7 Å². The minimum absolute atomic E-state index is 0.0789. The van der Waals surface area contributed by atoms with Crippen molar-refractivity contribution in [2.24, 2.45) is 7.05 Å². The number of halogens is 3. The van der Waals surface area contributed by atoms with Crippen LogP contribution < -0.4 is 5.56 Å². The number of nitrogens with zero attached hydrogens (tertiary/aromatic N) is 2. The third-order valence-electron chi connectivity index (χ3n) is 4.21. The number of pyridine rings is 2. The maximum Gasteiger partial charge on any atom is 0.433 e. The minimum Gasteiger partial charge on any atom is -0.506 e. The molecule has 0 aliphatic heterocycles. The number of aliphatic hydroxyl groups is 1. The zero-order valence-electron chi connectivity index (χ0n) is 13.6. The van der Waals surface area contributed by atoms with Crippen molar-refractivity contribution in [3.8, 4) is 0 Å². The molecule has 0 unspecified atom stereocenters. The van der Waals surface area contributed by atoms with E-state index in [-0.39, 0.29) is 29.4 Å². The number of rotatable bonds is 1. The number of alkyl halides is 3. The van der Waals surface area contributed by atoms with E-state index >= 15 is 0 Å². The molecule has 26 heavy (non-hydrogen) atoms. The fourth-order valence-corrected chi connectivity index (χ4v) is 2.88. The molecule has 2 aromatic rings. The van der Waals surface area contributed by atoms with Gasteiger partial charge in [-0.2, -0.15) is 13.2 Å². The first kappa shape index (κ1) is 17.8. The standard InChI is InChI=1S/C17H13F3N2O4/c1-22-15-8(5-6-12(21-15)17(18,19)20)7-9(16(22)26)14(25)13-10(23)3-2-4-11(13)24/h5-7,25H,2-4H2,1H3. The summed E-state index contributed by atoms with van der Waals surface area (Å²) in [6, 6.07) is 2.98. The molecular weight excluding hydrogens is 353 g/mol. The van der Waals surface area contributed by atoms with Crippen LogP contribution in [0.3, 0.4) is 0 Å². The van der Waals surface area contributed by atoms with Crippen LogP contribution in [-0.2, 0) is 22.8 Å². The lowest BCUT2D eigenvalue weighted by Crippen LogP contribution is -2.26. The van der Waals surface area contributed by atoms with Crippen molar-refractivity contribution in [1.29, 1.82) is 0 Å². The van der Waals surface area contributed by atoms with Crippen LogP contribution in [0.5, 0.6) is 0 Å². The topological polar surface area (TPSA) is 89.3 Å². The average Bonchev–Trinajstić information content (AvgIpc) is 2.56. The zero-order chi connectivity index (χ0) is 19.2. The Balaban J connectivity index is 2.26. The molecule has 0 saturated heterocycles. The predicted molar refractivity (Wildman–Crippen MR) is 85.4 cm³/mol. The largest absolute Gasteiger partial charge is 0.506 e. The lowest BCUT2D eigenvalue weighted by molar-refractivity contribution is -0.141. The van der Waals surface area contributed by atoms with Gasteiger partial charge in [0, 0.05) is 25.3 Å². The number of Topliss-reactive ketones (excluding diaryl/α,β-unsaturated/α-hetero) is 2. The monoisotopic (exact) mass is 366 g/mol. The molecule has 0 aromatic carbocycles. The van der Waals surface area contributed by atoms with Gasteiger partial charge in [-0.3, -0.25) is 19.0 Å². The van der Waals surface area contributed by atoms with Gasteiger partial charge in [0.15, 0.2) is 11.6 Å². The van der Waals surface area contributed by atoms with Gasteiger partial charge in [0.05, 0.1) is 5.56 Å².